The maximum absolute atomic E-state index is 4.74. The highest BCUT2D eigenvalue weighted by Crippen LogP contribution is 2.31. The van der Waals surface area contributed by atoms with Crippen LogP contribution in [-0.4, -0.2) is 25.0 Å². The van der Waals surface area contributed by atoms with Crippen molar-refractivity contribution in [1.29, 1.82) is 0 Å². The number of fused-ring (bicyclic) bond motifs is 1. The van der Waals surface area contributed by atoms with Crippen LogP contribution >= 0.6 is 23.1 Å². The fourth-order valence-electron chi connectivity index (χ4n) is 2.12. The molecule has 1 saturated carbocycles. The Kier molecular flexibility index (Phi) is 3.05. The summed E-state index contributed by atoms with van der Waals surface area (Å²) in [7, 11) is 2.01. The molecule has 5 nitrogen and oxygen atoms in total. The van der Waals surface area contributed by atoms with Crippen LogP contribution in [-0.2, 0) is 13.6 Å². The van der Waals surface area contributed by atoms with E-state index in [0.717, 1.165) is 21.7 Å². The predicted octanol–water partition coefficient (Wildman–Crippen LogP) is 2.53. The second-order valence-corrected chi connectivity index (χ2v) is 6.83. The smallest absolute Gasteiger partial charge is 0.194 e. The number of hydrogen-bond donors (Lipinski definition) is 1. The lowest BCUT2D eigenvalue weighted by Gasteiger charge is -2.05. The lowest BCUT2D eigenvalue weighted by Crippen LogP contribution is -2.17. The SMILES string of the molecule is Cn1ccnc1Sc1nc2sccn2c1CNC1CC1. The van der Waals surface area contributed by atoms with Gasteiger partial charge in [0.05, 0.1) is 5.69 Å². The molecule has 0 amide bonds. The number of aryl methyl sites for hydroxylation is 1. The zero-order chi connectivity index (χ0) is 13.5. The van der Waals surface area contributed by atoms with Crippen LogP contribution in [0.5, 0.6) is 0 Å². The van der Waals surface area contributed by atoms with Gasteiger partial charge in [0.1, 0.15) is 5.03 Å². The predicted molar refractivity (Wildman–Crippen MR) is 80.3 cm³/mol. The molecule has 20 heavy (non-hydrogen) atoms. The zero-order valence-electron chi connectivity index (χ0n) is 11.1. The molecule has 3 aromatic rings. The van der Waals surface area contributed by atoms with Gasteiger partial charge in [-0.3, -0.25) is 4.40 Å². The van der Waals surface area contributed by atoms with Gasteiger partial charge in [-0.05, 0) is 24.6 Å². The first kappa shape index (κ1) is 12.4. The van der Waals surface area contributed by atoms with E-state index in [0.29, 0.717) is 6.04 Å². The first-order chi connectivity index (χ1) is 9.81. The molecule has 0 spiro atoms. The average molecular weight is 305 g/mol. The Bertz CT molecular complexity index is 737. The molecule has 104 valence electrons. The third kappa shape index (κ3) is 2.25. The van der Waals surface area contributed by atoms with E-state index in [9.17, 15) is 0 Å². The van der Waals surface area contributed by atoms with Crippen molar-refractivity contribution in [2.75, 3.05) is 0 Å². The summed E-state index contributed by atoms with van der Waals surface area (Å²) in [5.74, 6) is 0. The fraction of sp³-hybridized carbons (Fsp3) is 0.385. The van der Waals surface area contributed by atoms with Crippen molar-refractivity contribution < 1.29 is 0 Å². The lowest BCUT2D eigenvalue weighted by atomic mass is 10.4. The summed E-state index contributed by atoms with van der Waals surface area (Å²) < 4.78 is 4.21. The number of imidazole rings is 2. The molecule has 1 aliphatic carbocycles. The van der Waals surface area contributed by atoms with Gasteiger partial charge in [0.25, 0.3) is 0 Å². The number of thiazole rings is 1. The lowest BCUT2D eigenvalue weighted by molar-refractivity contribution is 0.661. The Morgan fingerprint density at radius 1 is 1.45 bits per heavy atom. The van der Waals surface area contributed by atoms with Crippen LogP contribution in [0.4, 0.5) is 0 Å². The van der Waals surface area contributed by atoms with E-state index < -0.39 is 0 Å². The van der Waals surface area contributed by atoms with Crippen molar-refractivity contribution in [2.24, 2.45) is 7.05 Å². The second kappa shape index (κ2) is 4.91. The summed E-state index contributed by atoms with van der Waals surface area (Å²) in [4.78, 5) is 10.2. The van der Waals surface area contributed by atoms with Gasteiger partial charge in [-0.2, -0.15) is 0 Å². The van der Waals surface area contributed by atoms with Gasteiger partial charge >= 0.3 is 0 Å². The van der Waals surface area contributed by atoms with E-state index in [1.54, 1.807) is 23.1 Å². The molecule has 4 rings (SSSR count). The Hall–Kier alpha value is -1.31. The highest BCUT2D eigenvalue weighted by molar-refractivity contribution is 7.99. The number of aromatic nitrogens is 4. The third-order valence-corrected chi connectivity index (χ3v) is 5.28. The van der Waals surface area contributed by atoms with Crippen molar-refractivity contribution in [3.63, 3.8) is 0 Å². The van der Waals surface area contributed by atoms with Gasteiger partial charge in [-0.15, -0.1) is 11.3 Å². The number of nitrogens with zero attached hydrogens (tertiary/aromatic N) is 4. The second-order valence-electron chi connectivity index (χ2n) is 5.00. The summed E-state index contributed by atoms with van der Waals surface area (Å²) in [6.07, 6.45) is 8.48. The molecule has 1 N–H and O–H groups in total. The Labute approximate surface area is 125 Å². The molecule has 0 unspecified atom stereocenters. The molecular weight excluding hydrogens is 290 g/mol. The molecule has 0 saturated heterocycles. The molecule has 1 aliphatic rings. The Balaban J connectivity index is 1.67. The van der Waals surface area contributed by atoms with Crippen molar-refractivity contribution in [1.82, 2.24) is 24.3 Å². The van der Waals surface area contributed by atoms with Crippen LogP contribution < -0.4 is 5.32 Å². The Morgan fingerprint density at radius 3 is 3.10 bits per heavy atom. The maximum atomic E-state index is 4.74. The van der Waals surface area contributed by atoms with Gasteiger partial charge in [0, 0.05) is 43.6 Å². The molecule has 0 aromatic carbocycles. The zero-order valence-corrected chi connectivity index (χ0v) is 12.7. The minimum atomic E-state index is 0.699. The monoisotopic (exact) mass is 305 g/mol. The van der Waals surface area contributed by atoms with E-state index in [2.05, 4.69) is 26.3 Å². The highest BCUT2D eigenvalue weighted by Gasteiger charge is 2.22. The summed E-state index contributed by atoms with van der Waals surface area (Å²) in [6, 6.07) is 0.699. The Morgan fingerprint density at radius 2 is 2.35 bits per heavy atom. The number of hydrogen-bond acceptors (Lipinski definition) is 5. The normalized spacial score (nSPS) is 15.2. The van der Waals surface area contributed by atoms with Crippen LogP contribution in [0.2, 0.25) is 0 Å². The summed E-state index contributed by atoms with van der Waals surface area (Å²) in [5, 5.41) is 7.69. The van der Waals surface area contributed by atoms with Crippen molar-refractivity contribution in [2.45, 2.75) is 35.6 Å². The number of rotatable bonds is 5. The largest absolute Gasteiger partial charge is 0.329 e. The minimum Gasteiger partial charge on any atom is -0.329 e. The maximum Gasteiger partial charge on any atom is 0.194 e. The van der Waals surface area contributed by atoms with E-state index in [-0.39, 0.29) is 0 Å². The topological polar surface area (TPSA) is 47.2 Å². The van der Waals surface area contributed by atoms with Crippen molar-refractivity contribution in [3.05, 3.63) is 29.7 Å². The first-order valence-corrected chi connectivity index (χ1v) is 8.34. The first-order valence-electron chi connectivity index (χ1n) is 6.64. The van der Waals surface area contributed by atoms with Crippen LogP contribution in [0.1, 0.15) is 18.5 Å². The van der Waals surface area contributed by atoms with E-state index in [1.165, 1.54) is 18.5 Å². The molecule has 0 bridgehead atoms. The summed E-state index contributed by atoms with van der Waals surface area (Å²) in [5.41, 5.74) is 1.24. The molecular formula is C13H15N5S2. The fourth-order valence-corrected chi connectivity index (χ4v) is 3.82. The van der Waals surface area contributed by atoms with Gasteiger partial charge < -0.3 is 9.88 Å². The van der Waals surface area contributed by atoms with Gasteiger partial charge in [-0.25, -0.2) is 9.97 Å². The molecule has 0 radical (unpaired) electrons. The molecule has 7 heteroatoms. The van der Waals surface area contributed by atoms with E-state index >= 15 is 0 Å². The molecule has 0 aliphatic heterocycles. The van der Waals surface area contributed by atoms with Gasteiger partial charge in [0.2, 0.25) is 0 Å². The highest BCUT2D eigenvalue weighted by atomic mass is 32.2. The minimum absolute atomic E-state index is 0.699. The van der Waals surface area contributed by atoms with Crippen LogP contribution in [0.3, 0.4) is 0 Å². The van der Waals surface area contributed by atoms with Crippen LogP contribution in [0, 0.1) is 0 Å². The van der Waals surface area contributed by atoms with E-state index in [4.69, 9.17) is 4.98 Å². The molecule has 3 heterocycles. The third-order valence-electron chi connectivity index (χ3n) is 3.42. The summed E-state index contributed by atoms with van der Waals surface area (Å²) >= 11 is 3.31. The van der Waals surface area contributed by atoms with Gasteiger partial charge in [0.15, 0.2) is 10.1 Å². The molecule has 0 atom stereocenters. The van der Waals surface area contributed by atoms with Crippen LogP contribution in [0.15, 0.2) is 34.2 Å². The van der Waals surface area contributed by atoms with E-state index in [1.807, 2.05) is 24.0 Å². The van der Waals surface area contributed by atoms with Gasteiger partial charge in [-0.1, -0.05) is 0 Å². The molecule has 1 fully saturated rings. The summed E-state index contributed by atoms with van der Waals surface area (Å²) in [6.45, 7) is 0.870. The van der Waals surface area contributed by atoms with Crippen LogP contribution in [0.25, 0.3) is 4.96 Å². The number of nitrogens with one attached hydrogen (secondary N) is 1. The van der Waals surface area contributed by atoms with Crippen molar-refractivity contribution in [3.8, 4) is 0 Å². The van der Waals surface area contributed by atoms with Crippen molar-refractivity contribution >= 4 is 28.1 Å². The quantitative estimate of drug-likeness (QED) is 0.787. The molecule has 3 aromatic heterocycles. The average Bonchev–Trinajstić information content (AvgIpc) is 2.85. The standard InChI is InChI=1S/C13H15N5S2/c1-17-5-4-14-12(17)20-11-10(8-15-9-2-3-9)18-6-7-19-13(18)16-11/h4-7,9,15H,2-3,8H2,1H3.